The first kappa shape index (κ1) is 24.3. The first-order chi connectivity index (χ1) is 18.0. The van der Waals surface area contributed by atoms with E-state index in [-0.39, 0.29) is 24.1 Å². The summed E-state index contributed by atoms with van der Waals surface area (Å²) in [5.41, 5.74) is 4.18. The molecule has 2 saturated heterocycles. The van der Waals surface area contributed by atoms with Crippen LogP contribution in [0.25, 0.3) is 0 Å². The van der Waals surface area contributed by atoms with Crippen molar-refractivity contribution in [3.63, 3.8) is 0 Å². The standard InChI is InChI=1S/C30H35N3O4/c34-28-13-12-27(29(35)31-28)33-16-23-15-21(10-11-25(23)30(33)36)14-22-8-4-5-9-26(22)32-17-24(18-32)37-19-20-6-2-1-3-7-20/h1-3,6-7,10-11,15,22,24,26-27H,4-5,8-9,12-14,16-19H2,(H,31,34,35)/t22-,26+,27?/m1/s1. The minimum atomic E-state index is -0.563. The molecule has 37 heavy (non-hydrogen) atoms. The summed E-state index contributed by atoms with van der Waals surface area (Å²) < 4.78 is 6.15. The van der Waals surface area contributed by atoms with Gasteiger partial charge in [-0.25, -0.2) is 0 Å². The molecule has 1 saturated carbocycles. The number of likely N-dealkylation sites (tertiary alicyclic amines) is 1. The molecule has 2 aromatic rings. The molecule has 0 radical (unpaired) electrons. The summed E-state index contributed by atoms with van der Waals surface area (Å²) in [7, 11) is 0. The molecular formula is C30H35N3O4. The second-order valence-corrected chi connectivity index (χ2v) is 11.1. The first-order valence-electron chi connectivity index (χ1n) is 13.7. The molecule has 3 heterocycles. The van der Waals surface area contributed by atoms with Crippen molar-refractivity contribution in [2.24, 2.45) is 5.92 Å². The topological polar surface area (TPSA) is 79.0 Å². The Labute approximate surface area is 218 Å². The Bertz CT molecular complexity index is 1180. The van der Waals surface area contributed by atoms with Crippen LogP contribution in [0, 0.1) is 5.92 Å². The van der Waals surface area contributed by atoms with Crippen molar-refractivity contribution in [1.29, 1.82) is 0 Å². The van der Waals surface area contributed by atoms with E-state index in [1.54, 1.807) is 4.90 Å². The average Bonchev–Trinajstić information content (AvgIpc) is 3.20. The zero-order chi connectivity index (χ0) is 25.4. The van der Waals surface area contributed by atoms with Gasteiger partial charge in [-0.05, 0) is 54.4 Å². The Morgan fingerprint density at radius 3 is 2.54 bits per heavy atom. The van der Waals surface area contributed by atoms with E-state index in [1.165, 1.54) is 36.8 Å². The fourth-order valence-corrected chi connectivity index (χ4v) is 6.60. The minimum Gasteiger partial charge on any atom is -0.371 e. The van der Waals surface area contributed by atoms with Crippen molar-refractivity contribution in [3.8, 4) is 0 Å². The quantitative estimate of drug-likeness (QED) is 0.588. The SMILES string of the molecule is O=C1CCC(N2Cc3cc(C[C@H]4CCCC[C@@H]4N4CC(OCc5ccccc5)C4)ccc3C2=O)C(=O)N1. The van der Waals surface area contributed by atoms with Gasteiger partial charge in [0.25, 0.3) is 5.91 Å². The maximum Gasteiger partial charge on any atom is 0.255 e. The molecule has 0 aromatic heterocycles. The summed E-state index contributed by atoms with van der Waals surface area (Å²) in [6, 6.07) is 16.6. The van der Waals surface area contributed by atoms with Crippen LogP contribution >= 0.6 is 0 Å². The number of carbonyl (C=O) groups is 3. The molecule has 194 valence electrons. The van der Waals surface area contributed by atoms with Gasteiger partial charge >= 0.3 is 0 Å². The third kappa shape index (κ3) is 5.07. The van der Waals surface area contributed by atoms with E-state index in [0.717, 1.165) is 25.1 Å². The van der Waals surface area contributed by atoms with Crippen LogP contribution < -0.4 is 5.32 Å². The van der Waals surface area contributed by atoms with Gasteiger partial charge in [0.1, 0.15) is 6.04 Å². The number of carbonyl (C=O) groups excluding carboxylic acids is 3. The molecule has 7 nitrogen and oxygen atoms in total. The van der Waals surface area contributed by atoms with Gasteiger partial charge in [0.15, 0.2) is 0 Å². The van der Waals surface area contributed by atoms with Crippen LogP contribution in [0.1, 0.15) is 65.6 Å². The van der Waals surface area contributed by atoms with Gasteiger partial charge in [-0.3, -0.25) is 24.6 Å². The zero-order valence-corrected chi connectivity index (χ0v) is 21.2. The molecule has 6 rings (SSSR count). The van der Waals surface area contributed by atoms with Crippen molar-refractivity contribution in [1.82, 2.24) is 15.1 Å². The normalized spacial score (nSPS) is 26.6. The number of ether oxygens (including phenoxy) is 1. The Morgan fingerprint density at radius 1 is 0.919 bits per heavy atom. The summed E-state index contributed by atoms with van der Waals surface area (Å²) in [5, 5.41) is 2.38. The Balaban J connectivity index is 1.06. The molecule has 7 heteroatoms. The van der Waals surface area contributed by atoms with Crippen LogP contribution in [0.15, 0.2) is 48.5 Å². The van der Waals surface area contributed by atoms with E-state index in [4.69, 9.17) is 4.74 Å². The summed E-state index contributed by atoms with van der Waals surface area (Å²) in [6.07, 6.45) is 7.02. The summed E-state index contributed by atoms with van der Waals surface area (Å²) >= 11 is 0. The largest absolute Gasteiger partial charge is 0.371 e. The number of nitrogens with zero attached hydrogens (tertiary/aromatic N) is 2. The fraction of sp³-hybridized carbons (Fsp3) is 0.500. The van der Waals surface area contributed by atoms with Crippen molar-refractivity contribution >= 4 is 17.7 Å². The summed E-state index contributed by atoms with van der Waals surface area (Å²) in [6.45, 7) is 3.13. The number of rotatable bonds is 7. The van der Waals surface area contributed by atoms with Gasteiger partial charge in [0.05, 0.1) is 12.7 Å². The highest BCUT2D eigenvalue weighted by Gasteiger charge is 2.40. The Morgan fingerprint density at radius 2 is 1.73 bits per heavy atom. The lowest BCUT2D eigenvalue weighted by Gasteiger charge is -2.48. The van der Waals surface area contributed by atoms with Crippen LogP contribution in [-0.2, 0) is 33.9 Å². The molecule has 3 atom stereocenters. The van der Waals surface area contributed by atoms with Crippen LogP contribution in [-0.4, -0.2) is 58.8 Å². The molecule has 1 unspecified atom stereocenters. The third-order valence-electron chi connectivity index (χ3n) is 8.63. The molecule has 1 N–H and O–H groups in total. The Kier molecular flexibility index (Phi) is 6.82. The molecular weight excluding hydrogens is 466 g/mol. The number of imide groups is 1. The van der Waals surface area contributed by atoms with E-state index >= 15 is 0 Å². The number of hydrogen-bond donors (Lipinski definition) is 1. The minimum absolute atomic E-state index is 0.103. The highest BCUT2D eigenvalue weighted by Crippen LogP contribution is 2.35. The van der Waals surface area contributed by atoms with Crippen LogP contribution in [0.3, 0.4) is 0 Å². The van der Waals surface area contributed by atoms with E-state index in [9.17, 15) is 14.4 Å². The second-order valence-electron chi connectivity index (χ2n) is 11.1. The molecule has 3 aliphatic heterocycles. The van der Waals surface area contributed by atoms with Gasteiger partial charge in [0, 0.05) is 37.7 Å². The number of nitrogens with one attached hydrogen (secondary N) is 1. The van der Waals surface area contributed by atoms with Crippen molar-refractivity contribution in [2.45, 2.75) is 76.3 Å². The van der Waals surface area contributed by atoms with Crippen LogP contribution in [0.2, 0.25) is 0 Å². The number of amides is 3. The van der Waals surface area contributed by atoms with Gasteiger partial charge in [-0.1, -0.05) is 55.3 Å². The van der Waals surface area contributed by atoms with Gasteiger partial charge in [-0.15, -0.1) is 0 Å². The van der Waals surface area contributed by atoms with Crippen molar-refractivity contribution in [2.75, 3.05) is 13.1 Å². The maximum atomic E-state index is 13.0. The third-order valence-corrected chi connectivity index (χ3v) is 8.63. The molecule has 3 amide bonds. The van der Waals surface area contributed by atoms with E-state index in [0.29, 0.717) is 43.2 Å². The molecule has 0 bridgehead atoms. The second kappa shape index (κ2) is 10.4. The molecule has 4 aliphatic rings. The maximum absolute atomic E-state index is 13.0. The Hall–Kier alpha value is -3.03. The molecule has 2 aromatic carbocycles. The van der Waals surface area contributed by atoms with Crippen LogP contribution in [0.5, 0.6) is 0 Å². The van der Waals surface area contributed by atoms with E-state index in [1.807, 2.05) is 12.1 Å². The number of benzene rings is 2. The first-order valence-corrected chi connectivity index (χ1v) is 13.7. The predicted molar refractivity (Wildman–Crippen MR) is 139 cm³/mol. The molecule has 3 fully saturated rings. The lowest BCUT2D eigenvalue weighted by molar-refractivity contribution is -0.136. The highest BCUT2D eigenvalue weighted by atomic mass is 16.5. The van der Waals surface area contributed by atoms with E-state index < -0.39 is 6.04 Å². The monoisotopic (exact) mass is 501 g/mol. The highest BCUT2D eigenvalue weighted by molar-refractivity contribution is 6.05. The van der Waals surface area contributed by atoms with E-state index in [2.05, 4.69) is 46.6 Å². The molecule has 0 spiro atoms. The van der Waals surface area contributed by atoms with Crippen molar-refractivity contribution < 1.29 is 19.1 Å². The number of hydrogen-bond acceptors (Lipinski definition) is 5. The molecule has 1 aliphatic carbocycles. The number of fused-ring (bicyclic) bond motifs is 1. The predicted octanol–water partition coefficient (Wildman–Crippen LogP) is 3.45. The average molecular weight is 502 g/mol. The van der Waals surface area contributed by atoms with Gasteiger partial charge < -0.3 is 9.64 Å². The summed E-state index contributed by atoms with van der Waals surface area (Å²) in [4.78, 5) is 41.2. The van der Waals surface area contributed by atoms with Gasteiger partial charge in [0.2, 0.25) is 11.8 Å². The summed E-state index contributed by atoms with van der Waals surface area (Å²) in [5.74, 6) is -0.117. The zero-order valence-electron chi connectivity index (χ0n) is 21.2. The van der Waals surface area contributed by atoms with Gasteiger partial charge in [-0.2, -0.15) is 0 Å². The fourth-order valence-electron chi connectivity index (χ4n) is 6.60. The smallest absolute Gasteiger partial charge is 0.255 e. The lowest BCUT2D eigenvalue weighted by Crippen LogP contribution is -2.59. The van der Waals surface area contributed by atoms with Crippen LogP contribution in [0.4, 0.5) is 0 Å². The lowest BCUT2D eigenvalue weighted by atomic mass is 9.78. The van der Waals surface area contributed by atoms with Crippen molar-refractivity contribution in [3.05, 3.63) is 70.8 Å². The number of piperidine rings is 1.